The molecule has 1 amide bonds. The molecule has 0 saturated heterocycles. The molecule has 1 aromatic heterocycles. The van der Waals surface area contributed by atoms with Crippen LogP contribution in [0.3, 0.4) is 0 Å². The van der Waals surface area contributed by atoms with E-state index in [1.807, 2.05) is 0 Å². The van der Waals surface area contributed by atoms with Crippen molar-refractivity contribution >= 4 is 27.6 Å². The van der Waals surface area contributed by atoms with Crippen molar-refractivity contribution in [3.05, 3.63) is 80.4 Å². The smallest absolute Gasteiger partial charge is 0.294 e. The molecule has 0 aliphatic carbocycles. The van der Waals surface area contributed by atoms with E-state index in [-0.39, 0.29) is 24.6 Å². The molecule has 0 saturated carbocycles. The van der Waals surface area contributed by atoms with Crippen molar-refractivity contribution in [2.75, 3.05) is 6.54 Å². The van der Waals surface area contributed by atoms with E-state index in [0.717, 1.165) is 4.47 Å². The van der Waals surface area contributed by atoms with Crippen molar-refractivity contribution in [1.82, 2.24) is 15.3 Å². The molecule has 0 atom stereocenters. The maximum absolute atomic E-state index is 12.9. The Labute approximate surface area is 172 Å². The molecule has 3 N–H and O–H groups in total. The van der Waals surface area contributed by atoms with E-state index in [1.165, 1.54) is 24.3 Å². The second kappa shape index (κ2) is 8.78. The van der Waals surface area contributed by atoms with Gasteiger partial charge in [0, 0.05) is 16.5 Å². The molecular weight excluding hydrogens is 445 g/mol. The summed E-state index contributed by atoms with van der Waals surface area (Å²) < 4.78 is 13.7. The third kappa shape index (κ3) is 5.14. The zero-order chi connectivity index (χ0) is 21.0. The molecule has 29 heavy (non-hydrogen) atoms. The summed E-state index contributed by atoms with van der Waals surface area (Å²) in [6.45, 7) is -0.336. The monoisotopic (exact) mass is 459 g/mol. The molecule has 9 heteroatoms. The molecule has 0 radical (unpaired) electrons. The molecule has 2 aromatic carbocycles. The van der Waals surface area contributed by atoms with Crippen LogP contribution in [0.4, 0.5) is 4.39 Å². The minimum atomic E-state index is -0.874. The van der Waals surface area contributed by atoms with Crippen LogP contribution in [-0.4, -0.2) is 33.3 Å². The highest BCUT2D eigenvalue weighted by Crippen LogP contribution is 2.19. The molecule has 0 bridgehead atoms. The van der Waals surface area contributed by atoms with Crippen molar-refractivity contribution < 1.29 is 19.1 Å². The van der Waals surface area contributed by atoms with E-state index in [0.29, 0.717) is 11.1 Å². The van der Waals surface area contributed by atoms with E-state index < -0.39 is 28.7 Å². The Morgan fingerprint density at radius 2 is 1.76 bits per heavy atom. The molecular formula is C20H15BrFN3O4. The summed E-state index contributed by atoms with van der Waals surface area (Å²) in [6, 6.07) is 12.2. The maximum atomic E-state index is 12.9. The third-order valence-electron chi connectivity index (χ3n) is 3.99. The molecule has 0 aliphatic rings. The predicted octanol–water partition coefficient (Wildman–Crippen LogP) is 2.59. The molecule has 3 aromatic rings. The predicted molar refractivity (Wildman–Crippen MR) is 107 cm³/mol. The average Bonchev–Trinajstić information content (AvgIpc) is 2.70. The number of hydrogen-bond donors (Lipinski definition) is 3. The molecule has 0 aliphatic heterocycles. The third-order valence-corrected chi connectivity index (χ3v) is 4.52. The number of halogens is 2. The van der Waals surface area contributed by atoms with E-state index in [2.05, 4.69) is 31.2 Å². The van der Waals surface area contributed by atoms with E-state index >= 15 is 0 Å². The van der Waals surface area contributed by atoms with Crippen LogP contribution in [0.25, 0.3) is 11.4 Å². The van der Waals surface area contributed by atoms with Crippen LogP contribution >= 0.6 is 15.9 Å². The zero-order valence-electron chi connectivity index (χ0n) is 14.9. The van der Waals surface area contributed by atoms with Crippen LogP contribution in [0.2, 0.25) is 0 Å². The van der Waals surface area contributed by atoms with Crippen LogP contribution < -0.4 is 10.9 Å². The number of rotatable bonds is 6. The molecule has 7 nitrogen and oxygen atoms in total. The number of carbonyl (C=O) groups is 2. The Morgan fingerprint density at radius 3 is 2.41 bits per heavy atom. The lowest BCUT2D eigenvalue weighted by molar-refractivity contribution is -0.117. The second-order valence-electron chi connectivity index (χ2n) is 6.14. The first-order chi connectivity index (χ1) is 13.8. The summed E-state index contributed by atoms with van der Waals surface area (Å²) in [6.07, 6.45) is -0.000509. The SMILES string of the molecule is O=C(CNC(=O)c1nc(-c2ccc(Br)cc2)[nH]c(=O)c1O)Cc1ccc(F)cc1. The van der Waals surface area contributed by atoms with Crippen molar-refractivity contribution in [2.24, 2.45) is 0 Å². The van der Waals surface area contributed by atoms with Gasteiger partial charge in [0.25, 0.3) is 11.5 Å². The number of hydrogen-bond acceptors (Lipinski definition) is 5. The van der Waals surface area contributed by atoms with Crippen LogP contribution in [0.1, 0.15) is 16.1 Å². The average molecular weight is 460 g/mol. The van der Waals surface area contributed by atoms with Gasteiger partial charge in [-0.25, -0.2) is 9.37 Å². The van der Waals surface area contributed by atoms with Gasteiger partial charge in [-0.05, 0) is 29.8 Å². The highest BCUT2D eigenvalue weighted by molar-refractivity contribution is 9.10. The van der Waals surface area contributed by atoms with E-state index in [4.69, 9.17) is 0 Å². The number of nitrogens with zero attached hydrogens (tertiary/aromatic N) is 1. The van der Waals surface area contributed by atoms with Gasteiger partial charge in [0.05, 0.1) is 6.54 Å². The van der Waals surface area contributed by atoms with Gasteiger partial charge in [-0.3, -0.25) is 14.4 Å². The minimum absolute atomic E-state index is 0.000509. The fourth-order valence-electron chi connectivity index (χ4n) is 2.52. The normalized spacial score (nSPS) is 10.6. The Kier molecular flexibility index (Phi) is 6.18. The number of Topliss-reactive ketones (excluding diaryl/α,β-unsaturated/α-hetero) is 1. The number of aromatic hydroxyl groups is 1. The summed E-state index contributed by atoms with van der Waals surface area (Å²) >= 11 is 3.30. The Hall–Kier alpha value is -3.33. The van der Waals surface area contributed by atoms with Crippen LogP contribution in [0, 0.1) is 5.82 Å². The Bertz CT molecular complexity index is 1110. The van der Waals surface area contributed by atoms with Gasteiger partial charge >= 0.3 is 0 Å². The molecule has 148 valence electrons. The molecule has 1 heterocycles. The van der Waals surface area contributed by atoms with Crippen molar-refractivity contribution in [2.45, 2.75) is 6.42 Å². The summed E-state index contributed by atoms with van der Waals surface area (Å²) in [5, 5.41) is 12.3. The molecule has 0 spiro atoms. The van der Waals surface area contributed by atoms with Gasteiger partial charge in [0.1, 0.15) is 11.6 Å². The number of H-pyrrole nitrogens is 1. The minimum Gasteiger partial charge on any atom is -0.501 e. The number of carbonyl (C=O) groups excluding carboxylic acids is 2. The first-order valence-electron chi connectivity index (χ1n) is 8.47. The number of aromatic nitrogens is 2. The van der Waals surface area contributed by atoms with Crippen molar-refractivity contribution in [3.63, 3.8) is 0 Å². The van der Waals surface area contributed by atoms with Gasteiger partial charge in [-0.2, -0.15) is 0 Å². The fraction of sp³-hybridized carbons (Fsp3) is 0.100. The zero-order valence-corrected chi connectivity index (χ0v) is 16.5. The lowest BCUT2D eigenvalue weighted by Crippen LogP contribution is -2.32. The van der Waals surface area contributed by atoms with E-state index in [1.54, 1.807) is 24.3 Å². The number of nitrogens with one attached hydrogen (secondary N) is 2. The molecule has 0 unspecified atom stereocenters. The Morgan fingerprint density at radius 1 is 1.10 bits per heavy atom. The van der Waals surface area contributed by atoms with Gasteiger partial charge in [0.15, 0.2) is 11.5 Å². The Balaban J connectivity index is 1.73. The highest BCUT2D eigenvalue weighted by Gasteiger charge is 2.19. The number of amides is 1. The van der Waals surface area contributed by atoms with Gasteiger partial charge in [-0.1, -0.05) is 40.2 Å². The first kappa shape index (κ1) is 20.4. The molecule has 0 fully saturated rings. The van der Waals surface area contributed by atoms with Crippen molar-refractivity contribution in [3.8, 4) is 17.1 Å². The molecule has 3 rings (SSSR count). The maximum Gasteiger partial charge on any atom is 0.294 e. The largest absolute Gasteiger partial charge is 0.501 e. The fourth-order valence-corrected chi connectivity index (χ4v) is 2.79. The van der Waals surface area contributed by atoms with Gasteiger partial charge in [-0.15, -0.1) is 0 Å². The highest BCUT2D eigenvalue weighted by atomic mass is 79.9. The second-order valence-corrected chi connectivity index (χ2v) is 7.06. The van der Waals surface area contributed by atoms with Gasteiger partial charge < -0.3 is 15.4 Å². The summed E-state index contributed by atoms with van der Waals surface area (Å²) in [7, 11) is 0. The van der Waals surface area contributed by atoms with Crippen LogP contribution in [-0.2, 0) is 11.2 Å². The van der Waals surface area contributed by atoms with Crippen LogP contribution in [0.5, 0.6) is 5.75 Å². The lowest BCUT2D eigenvalue weighted by Gasteiger charge is -2.08. The summed E-state index contributed by atoms with van der Waals surface area (Å²) in [5.41, 5.74) is -0.228. The van der Waals surface area contributed by atoms with E-state index in [9.17, 15) is 23.9 Å². The standard InChI is InChI=1S/C20H15BrFN3O4/c21-13-5-3-12(4-6-13)18-24-16(17(27)20(29)25-18)19(28)23-10-15(26)9-11-1-7-14(22)8-2-11/h1-8,27H,9-10H2,(H,23,28)(H,24,25,29). The summed E-state index contributed by atoms with van der Waals surface area (Å²) in [4.78, 5) is 42.8. The van der Waals surface area contributed by atoms with Crippen LogP contribution in [0.15, 0.2) is 57.8 Å². The summed E-state index contributed by atoms with van der Waals surface area (Å²) in [5.74, 6) is -2.34. The topological polar surface area (TPSA) is 112 Å². The van der Waals surface area contributed by atoms with Gasteiger partial charge in [0.2, 0.25) is 5.75 Å². The number of ketones is 1. The van der Waals surface area contributed by atoms with Crippen molar-refractivity contribution in [1.29, 1.82) is 0 Å². The lowest BCUT2D eigenvalue weighted by atomic mass is 10.1. The first-order valence-corrected chi connectivity index (χ1v) is 9.26. The quantitative estimate of drug-likeness (QED) is 0.524. The number of benzene rings is 2. The number of aromatic amines is 1.